The Kier molecular flexibility index (Phi) is 4.67. The lowest BCUT2D eigenvalue weighted by Gasteiger charge is -2.33. The lowest BCUT2D eigenvalue weighted by atomic mass is 10.0. The second-order valence-electron chi connectivity index (χ2n) is 5.83. The smallest absolute Gasteiger partial charge is 0.247 e. The summed E-state index contributed by atoms with van der Waals surface area (Å²) in [6.45, 7) is 1.64. The van der Waals surface area contributed by atoms with Gasteiger partial charge in [0.1, 0.15) is 16.4 Å². The highest BCUT2D eigenvalue weighted by molar-refractivity contribution is 7.92. The summed E-state index contributed by atoms with van der Waals surface area (Å²) in [6.07, 6.45) is 0.267. The van der Waals surface area contributed by atoms with Crippen molar-refractivity contribution in [3.63, 3.8) is 0 Å². The average molecular weight is 363 g/mol. The highest BCUT2D eigenvalue weighted by atomic mass is 32.2. The molecule has 1 aromatic rings. The van der Waals surface area contributed by atoms with Gasteiger partial charge < -0.3 is 9.47 Å². The van der Waals surface area contributed by atoms with E-state index in [9.17, 15) is 16.8 Å². The normalized spacial score (nSPS) is 23.9. The third kappa shape index (κ3) is 3.31. The van der Waals surface area contributed by atoms with Crippen molar-refractivity contribution >= 4 is 19.9 Å². The highest BCUT2D eigenvalue weighted by Gasteiger charge is 2.46. The minimum atomic E-state index is -3.91. The minimum Gasteiger partial charge on any atom is -0.497 e. The fourth-order valence-electron chi connectivity index (χ4n) is 2.67. The molecule has 2 rings (SSSR count). The van der Waals surface area contributed by atoms with Crippen molar-refractivity contribution in [1.82, 2.24) is 4.31 Å². The second kappa shape index (κ2) is 5.95. The van der Waals surface area contributed by atoms with E-state index in [1.54, 1.807) is 6.92 Å². The molecule has 9 heteroatoms. The van der Waals surface area contributed by atoms with E-state index < -0.39 is 25.4 Å². The number of ether oxygens (including phenoxy) is 2. The molecule has 7 nitrogen and oxygen atoms in total. The molecule has 0 N–H and O–H groups in total. The summed E-state index contributed by atoms with van der Waals surface area (Å²) in [4.78, 5) is -0.0196. The molecule has 0 amide bonds. The lowest BCUT2D eigenvalue weighted by molar-refractivity contribution is 0.271. The molecule has 0 bridgehead atoms. The molecule has 1 aromatic carbocycles. The number of benzene rings is 1. The average Bonchev–Trinajstić information content (AvgIpc) is 2.80. The molecule has 1 fully saturated rings. The molecular weight excluding hydrogens is 342 g/mol. The summed E-state index contributed by atoms with van der Waals surface area (Å²) in [7, 11) is -2.89. The van der Waals surface area contributed by atoms with Crippen LogP contribution < -0.4 is 9.47 Å². The van der Waals surface area contributed by atoms with Gasteiger partial charge in [-0.15, -0.1) is 0 Å². The Balaban J connectivity index is 2.46. The summed E-state index contributed by atoms with van der Waals surface area (Å²) < 4.78 is 60.7. The van der Waals surface area contributed by atoms with E-state index >= 15 is 0 Å². The van der Waals surface area contributed by atoms with E-state index in [4.69, 9.17) is 9.47 Å². The standard InChI is InChI=1S/C14H21NO6S2/c1-14(7-8-22(16,17)10-14)15(2)23(18,19)13-6-5-11(20-3)9-12(13)21-4/h5-6,9H,7-8,10H2,1-4H3/t14-/m0/s1. The zero-order valence-electron chi connectivity index (χ0n) is 13.6. The first kappa shape index (κ1) is 18.0. The van der Waals surface area contributed by atoms with Gasteiger partial charge in [0.05, 0.1) is 25.7 Å². The van der Waals surface area contributed by atoms with Crippen LogP contribution in [0.4, 0.5) is 0 Å². The highest BCUT2D eigenvalue weighted by Crippen LogP contribution is 2.36. The zero-order chi connectivity index (χ0) is 17.5. The number of methoxy groups -OCH3 is 2. The molecule has 0 aliphatic carbocycles. The van der Waals surface area contributed by atoms with Crippen LogP contribution in [0.3, 0.4) is 0 Å². The van der Waals surface area contributed by atoms with Crippen molar-refractivity contribution in [3.8, 4) is 11.5 Å². The van der Waals surface area contributed by atoms with Crippen LogP contribution in [0.25, 0.3) is 0 Å². The van der Waals surface area contributed by atoms with Gasteiger partial charge >= 0.3 is 0 Å². The van der Waals surface area contributed by atoms with Crippen LogP contribution in [-0.4, -0.2) is 59.5 Å². The molecule has 130 valence electrons. The van der Waals surface area contributed by atoms with Crippen molar-refractivity contribution < 1.29 is 26.3 Å². The summed E-state index contributed by atoms with van der Waals surface area (Å²) >= 11 is 0. The Hall–Kier alpha value is -1.32. The molecular formula is C14H21NO6S2. The Labute approximate surface area is 137 Å². The van der Waals surface area contributed by atoms with Gasteiger partial charge in [-0.05, 0) is 25.5 Å². The van der Waals surface area contributed by atoms with Gasteiger partial charge in [0.2, 0.25) is 10.0 Å². The van der Waals surface area contributed by atoms with Crippen LogP contribution in [0.15, 0.2) is 23.1 Å². The first-order chi connectivity index (χ1) is 10.6. The topological polar surface area (TPSA) is 90.0 Å². The van der Waals surface area contributed by atoms with E-state index in [2.05, 4.69) is 0 Å². The van der Waals surface area contributed by atoms with E-state index in [1.807, 2.05) is 0 Å². The summed E-state index contributed by atoms with van der Waals surface area (Å²) in [5, 5.41) is 0. The molecule has 23 heavy (non-hydrogen) atoms. The Bertz CT molecular complexity index is 803. The third-order valence-electron chi connectivity index (χ3n) is 4.25. The van der Waals surface area contributed by atoms with Crippen molar-refractivity contribution in [2.24, 2.45) is 0 Å². The summed E-state index contributed by atoms with van der Waals surface area (Å²) in [6, 6.07) is 4.40. The van der Waals surface area contributed by atoms with Crippen LogP contribution in [0.2, 0.25) is 0 Å². The Morgan fingerprint density at radius 2 is 1.87 bits per heavy atom. The number of sulfonamides is 1. The van der Waals surface area contributed by atoms with E-state index in [1.165, 1.54) is 39.5 Å². The maximum atomic E-state index is 12.9. The van der Waals surface area contributed by atoms with Crippen molar-refractivity contribution in [1.29, 1.82) is 0 Å². The van der Waals surface area contributed by atoms with Crippen molar-refractivity contribution in [3.05, 3.63) is 18.2 Å². The molecule has 1 aliphatic rings. The predicted molar refractivity (Wildman–Crippen MR) is 86.2 cm³/mol. The van der Waals surface area contributed by atoms with Crippen molar-refractivity contribution in [2.75, 3.05) is 32.8 Å². The predicted octanol–water partition coefficient (Wildman–Crippen LogP) is 0.901. The summed E-state index contributed by atoms with van der Waals surface area (Å²) in [5.74, 6) is 0.427. The fourth-order valence-corrected chi connectivity index (χ4v) is 6.60. The fraction of sp³-hybridized carbons (Fsp3) is 0.571. The van der Waals surface area contributed by atoms with Gasteiger partial charge in [0.25, 0.3) is 0 Å². The van der Waals surface area contributed by atoms with Crippen LogP contribution in [0.1, 0.15) is 13.3 Å². The molecule has 0 aromatic heterocycles. The maximum Gasteiger partial charge on any atom is 0.247 e. The molecule has 0 spiro atoms. The number of rotatable bonds is 5. The quantitative estimate of drug-likeness (QED) is 0.772. The maximum absolute atomic E-state index is 12.9. The van der Waals surface area contributed by atoms with Crippen molar-refractivity contribution in [2.45, 2.75) is 23.8 Å². The number of sulfone groups is 1. The van der Waals surface area contributed by atoms with Crippen LogP contribution in [0, 0.1) is 0 Å². The van der Waals surface area contributed by atoms with E-state index in [-0.39, 0.29) is 28.6 Å². The lowest BCUT2D eigenvalue weighted by Crippen LogP contribution is -2.48. The van der Waals surface area contributed by atoms with E-state index in [0.29, 0.717) is 5.75 Å². The third-order valence-corrected chi connectivity index (χ3v) is 8.19. The second-order valence-corrected chi connectivity index (χ2v) is 9.95. The monoisotopic (exact) mass is 363 g/mol. The van der Waals surface area contributed by atoms with Gasteiger partial charge in [0.15, 0.2) is 9.84 Å². The molecule has 1 saturated heterocycles. The number of hydrogen-bond acceptors (Lipinski definition) is 6. The summed E-state index contributed by atoms with van der Waals surface area (Å²) in [5.41, 5.74) is -0.970. The molecule has 0 saturated carbocycles. The van der Waals surface area contributed by atoms with Crippen LogP contribution in [-0.2, 0) is 19.9 Å². The largest absolute Gasteiger partial charge is 0.497 e. The van der Waals surface area contributed by atoms with Gasteiger partial charge in [-0.3, -0.25) is 0 Å². The Morgan fingerprint density at radius 1 is 1.22 bits per heavy atom. The SMILES string of the molecule is COc1ccc(S(=O)(=O)N(C)[C@@]2(C)CCS(=O)(=O)C2)c(OC)c1. The molecule has 1 atom stereocenters. The number of hydrogen-bond donors (Lipinski definition) is 0. The molecule has 1 heterocycles. The van der Waals surface area contributed by atoms with Gasteiger partial charge in [-0.2, -0.15) is 4.31 Å². The van der Waals surface area contributed by atoms with Gasteiger partial charge in [0, 0.05) is 18.7 Å². The number of nitrogens with zero attached hydrogens (tertiary/aromatic N) is 1. The first-order valence-corrected chi connectivity index (χ1v) is 10.2. The van der Waals surface area contributed by atoms with Crippen LogP contribution in [0.5, 0.6) is 11.5 Å². The van der Waals surface area contributed by atoms with E-state index in [0.717, 1.165) is 4.31 Å². The molecule has 1 aliphatic heterocycles. The Morgan fingerprint density at radius 3 is 2.35 bits per heavy atom. The molecule has 0 unspecified atom stereocenters. The zero-order valence-corrected chi connectivity index (χ0v) is 15.2. The minimum absolute atomic E-state index is 0.0108. The first-order valence-electron chi connectivity index (χ1n) is 6.97. The molecule has 0 radical (unpaired) electrons. The van der Waals surface area contributed by atoms with Gasteiger partial charge in [-0.25, -0.2) is 16.8 Å². The van der Waals surface area contributed by atoms with Crippen LogP contribution >= 0.6 is 0 Å². The van der Waals surface area contributed by atoms with Gasteiger partial charge in [-0.1, -0.05) is 0 Å².